The number of nitrogens with zero attached hydrogens (tertiary/aromatic N) is 3. The van der Waals surface area contributed by atoms with Gasteiger partial charge in [0.2, 0.25) is 0 Å². The van der Waals surface area contributed by atoms with E-state index >= 15 is 0 Å². The standard InChI is InChI=1S/C23H27BrF2N4O/c1-28(2)23(31)15-10-19(25)21(20(26)11-15)14-5-8-30(9-6-14)13-16-12-17-18(24)4-7-27-22(17)29(16)3/h4,7,10-12,14,22,27H,5-6,8-9,13H2,1-3H3. The molecular weight excluding hydrogens is 466 g/mol. The molecule has 0 spiro atoms. The summed E-state index contributed by atoms with van der Waals surface area (Å²) in [6.45, 7) is 2.33. The molecule has 1 unspecified atom stereocenters. The Bertz CT molecular complexity index is 957. The minimum Gasteiger partial charge on any atom is -0.367 e. The Morgan fingerprint density at radius 3 is 2.45 bits per heavy atom. The maximum Gasteiger partial charge on any atom is 0.253 e. The summed E-state index contributed by atoms with van der Waals surface area (Å²) in [6, 6.07) is 2.33. The lowest BCUT2D eigenvalue weighted by Crippen LogP contribution is -2.42. The minimum atomic E-state index is -0.624. The van der Waals surface area contributed by atoms with Crippen LogP contribution in [0, 0.1) is 11.6 Å². The molecule has 3 heterocycles. The number of halogens is 3. The number of hydrogen-bond acceptors (Lipinski definition) is 4. The van der Waals surface area contributed by atoms with Crippen molar-refractivity contribution in [1.29, 1.82) is 0 Å². The van der Waals surface area contributed by atoms with Crippen LogP contribution in [-0.4, -0.2) is 67.5 Å². The van der Waals surface area contributed by atoms with Gasteiger partial charge in [-0.3, -0.25) is 9.69 Å². The van der Waals surface area contributed by atoms with E-state index in [1.54, 1.807) is 14.1 Å². The summed E-state index contributed by atoms with van der Waals surface area (Å²) < 4.78 is 30.6. The van der Waals surface area contributed by atoms with Crippen LogP contribution in [-0.2, 0) is 0 Å². The largest absolute Gasteiger partial charge is 0.367 e. The first-order chi connectivity index (χ1) is 14.8. The van der Waals surface area contributed by atoms with E-state index in [0.717, 1.165) is 24.1 Å². The molecule has 3 aliphatic rings. The Hall–Kier alpha value is -2.19. The van der Waals surface area contributed by atoms with Crippen LogP contribution in [0.15, 0.2) is 46.2 Å². The predicted octanol–water partition coefficient (Wildman–Crippen LogP) is 3.77. The van der Waals surface area contributed by atoms with Crippen molar-refractivity contribution in [2.24, 2.45) is 0 Å². The second kappa shape index (κ2) is 8.74. The maximum absolute atomic E-state index is 14.7. The zero-order valence-corrected chi connectivity index (χ0v) is 19.5. The number of nitrogens with one attached hydrogen (secondary N) is 1. The van der Waals surface area contributed by atoms with Gasteiger partial charge in [0.1, 0.15) is 17.8 Å². The van der Waals surface area contributed by atoms with Crippen LogP contribution in [0.2, 0.25) is 0 Å². The van der Waals surface area contributed by atoms with Gasteiger partial charge in [0, 0.05) is 54.6 Å². The van der Waals surface area contributed by atoms with Gasteiger partial charge in [-0.1, -0.05) is 15.9 Å². The summed E-state index contributed by atoms with van der Waals surface area (Å²) in [5, 5.41) is 3.37. The van der Waals surface area contributed by atoms with Gasteiger partial charge in [-0.2, -0.15) is 0 Å². The summed E-state index contributed by atoms with van der Waals surface area (Å²) in [7, 11) is 5.20. The van der Waals surface area contributed by atoms with E-state index in [-0.39, 0.29) is 23.2 Å². The zero-order chi connectivity index (χ0) is 22.3. The molecule has 1 saturated heterocycles. The van der Waals surface area contributed by atoms with Crippen LogP contribution in [0.25, 0.3) is 0 Å². The lowest BCUT2D eigenvalue weighted by Gasteiger charge is -2.35. The molecule has 166 valence electrons. The van der Waals surface area contributed by atoms with Gasteiger partial charge in [-0.25, -0.2) is 8.78 Å². The third kappa shape index (κ3) is 4.28. The molecule has 8 heteroatoms. The number of fused-ring (bicyclic) bond motifs is 1. The van der Waals surface area contributed by atoms with E-state index in [2.05, 4.69) is 44.2 Å². The number of amides is 1. The third-order valence-electron chi connectivity index (χ3n) is 6.33. The molecular formula is C23H27BrF2N4O. The van der Waals surface area contributed by atoms with Crippen LogP contribution in [0.4, 0.5) is 8.78 Å². The quantitative estimate of drug-likeness (QED) is 0.694. The van der Waals surface area contributed by atoms with Gasteiger partial charge in [0.05, 0.1) is 0 Å². The van der Waals surface area contributed by atoms with Gasteiger partial charge >= 0.3 is 0 Å². The number of piperidine rings is 1. The van der Waals surface area contributed by atoms with Crippen molar-refractivity contribution in [1.82, 2.24) is 20.0 Å². The summed E-state index contributed by atoms with van der Waals surface area (Å²) >= 11 is 3.62. The second-order valence-electron chi connectivity index (χ2n) is 8.56. The fourth-order valence-corrected chi connectivity index (χ4v) is 5.03. The van der Waals surface area contributed by atoms with E-state index in [4.69, 9.17) is 0 Å². The van der Waals surface area contributed by atoms with Crippen molar-refractivity contribution in [2.75, 3.05) is 40.8 Å². The van der Waals surface area contributed by atoms with Gasteiger partial charge in [-0.15, -0.1) is 0 Å². The van der Waals surface area contributed by atoms with Crippen molar-refractivity contribution in [2.45, 2.75) is 24.9 Å². The Labute approximate surface area is 190 Å². The highest BCUT2D eigenvalue weighted by molar-refractivity contribution is 9.11. The highest BCUT2D eigenvalue weighted by Gasteiger charge is 2.32. The second-order valence-corrected chi connectivity index (χ2v) is 9.41. The van der Waals surface area contributed by atoms with Crippen LogP contribution in [0.1, 0.15) is 34.7 Å². The molecule has 1 fully saturated rings. The molecule has 31 heavy (non-hydrogen) atoms. The zero-order valence-electron chi connectivity index (χ0n) is 18.0. The molecule has 5 nitrogen and oxygen atoms in total. The van der Waals surface area contributed by atoms with Crippen LogP contribution in [0.5, 0.6) is 0 Å². The molecule has 0 aliphatic carbocycles. The maximum atomic E-state index is 14.7. The van der Waals surface area contributed by atoms with Crippen LogP contribution < -0.4 is 5.32 Å². The molecule has 1 aromatic carbocycles. The van der Waals surface area contributed by atoms with Gasteiger partial charge < -0.3 is 15.1 Å². The van der Waals surface area contributed by atoms with Gasteiger partial charge in [0.25, 0.3) is 5.91 Å². The summed E-state index contributed by atoms with van der Waals surface area (Å²) in [4.78, 5) is 17.9. The normalized spacial score (nSPS) is 21.8. The number of carbonyl (C=O) groups excluding carboxylic acids is 1. The fourth-order valence-electron chi connectivity index (χ4n) is 4.57. The highest BCUT2D eigenvalue weighted by Crippen LogP contribution is 2.35. The lowest BCUT2D eigenvalue weighted by atomic mass is 9.88. The van der Waals surface area contributed by atoms with E-state index in [1.165, 1.54) is 28.3 Å². The van der Waals surface area contributed by atoms with Crippen LogP contribution in [0.3, 0.4) is 0 Å². The van der Waals surface area contributed by atoms with Crippen molar-refractivity contribution in [3.63, 3.8) is 0 Å². The molecule has 1 amide bonds. The first kappa shape index (κ1) is 22.0. The van der Waals surface area contributed by atoms with Crippen molar-refractivity contribution in [3.05, 3.63) is 69.0 Å². The Kier molecular flexibility index (Phi) is 6.21. The SMILES string of the molecule is CN(C)C(=O)c1cc(F)c(C2CCN(CC3=CC4=C(Br)C=CNC4N3C)CC2)c(F)c1. The number of likely N-dealkylation sites (N-methyl/N-ethyl adjacent to an activating group) is 1. The molecule has 1 atom stereocenters. The smallest absolute Gasteiger partial charge is 0.253 e. The molecule has 4 rings (SSSR count). The van der Waals surface area contributed by atoms with Crippen molar-refractivity contribution in [3.8, 4) is 0 Å². The van der Waals surface area contributed by atoms with E-state index in [9.17, 15) is 13.6 Å². The average Bonchev–Trinajstić information content (AvgIpc) is 3.05. The molecule has 0 bridgehead atoms. The predicted molar refractivity (Wildman–Crippen MR) is 121 cm³/mol. The Morgan fingerprint density at radius 1 is 1.23 bits per heavy atom. The number of likely N-dealkylation sites (tertiary alicyclic amines) is 1. The number of carbonyl (C=O) groups is 1. The van der Waals surface area contributed by atoms with E-state index < -0.39 is 17.5 Å². The first-order valence-electron chi connectivity index (χ1n) is 10.4. The summed E-state index contributed by atoms with van der Waals surface area (Å²) in [5.41, 5.74) is 2.59. The van der Waals surface area contributed by atoms with Gasteiger partial charge in [0.15, 0.2) is 0 Å². The van der Waals surface area contributed by atoms with Crippen LogP contribution >= 0.6 is 15.9 Å². The molecule has 1 N–H and O–H groups in total. The highest BCUT2D eigenvalue weighted by atomic mass is 79.9. The fraction of sp³-hybridized carbons (Fsp3) is 0.435. The molecule has 0 radical (unpaired) electrons. The van der Waals surface area contributed by atoms with E-state index in [0.29, 0.717) is 12.8 Å². The van der Waals surface area contributed by atoms with Crippen molar-refractivity contribution < 1.29 is 13.6 Å². The van der Waals surface area contributed by atoms with Gasteiger partial charge in [-0.05, 0) is 62.3 Å². The van der Waals surface area contributed by atoms with Crippen molar-refractivity contribution >= 4 is 21.8 Å². The molecule has 0 aromatic heterocycles. The number of rotatable bonds is 4. The third-order valence-corrected chi connectivity index (χ3v) is 7.05. The average molecular weight is 493 g/mol. The first-order valence-corrected chi connectivity index (χ1v) is 11.2. The summed E-state index contributed by atoms with van der Waals surface area (Å²) in [5.74, 6) is -1.83. The monoisotopic (exact) mass is 492 g/mol. The minimum absolute atomic E-state index is 0.0439. The number of benzene rings is 1. The lowest BCUT2D eigenvalue weighted by molar-refractivity contribution is 0.0826. The summed E-state index contributed by atoms with van der Waals surface area (Å²) in [6.07, 6.45) is 7.65. The Balaban J connectivity index is 1.42. The molecule has 1 aromatic rings. The molecule has 0 saturated carbocycles. The topological polar surface area (TPSA) is 38.8 Å². The number of dihydropyridines is 1. The Morgan fingerprint density at radius 2 is 1.87 bits per heavy atom. The van der Waals surface area contributed by atoms with E-state index in [1.807, 2.05) is 12.3 Å². The molecule has 3 aliphatic heterocycles. The number of allylic oxidation sites excluding steroid dienone is 2. The number of hydrogen-bond donors (Lipinski definition) is 1.